The second kappa shape index (κ2) is 7.45. The van der Waals surface area contributed by atoms with E-state index in [1.165, 1.54) is 5.56 Å². The number of methoxy groups -OCH3 is 1. The Bertz CT molecular complexity index is 997. The number of rotatable bonds is 3. The number of hydrogen-bond acceptors (Lipinski definition) is 3. The molecule has 0 saturated heterocycles. The smallest absolute Gasteiger partial charge is 0.133 e. The number of hydrogen-bond donors (Lipinski definition) is 1. The minimum Gasteiger partial charge on any atom is -0.496 e. The highest BCUT2D eigenvalue weighted by molar-refractivity contribution is 6.31. The molecule has 1 aliphatic rings. The van der Waals surface area contributed by atoms with E-state index in [-0.39, 0.29) is 0 Å². The van der Waals surface area contributed by atoms with Crippen molar-refractivity contribution < 1.29 is 4.74 Å². The van der Waals surface area contributed by atoms with Gasteiger partial charge in [0.15, 0.2) is 0 Å². The van der Waals surface area contributed by atoms with Crippen molar-refractivity contribution in [3.8, 4) is 22.7 Å². The minimum absolute atomic E-state index is 0.665. The molecule has 4 rings (SSSR count). The molecule has 0 fully saturated rings. The standard InChI is InChI=1S/C21H21Cl2N3O/c1-13-11-14(22)6-8-18(13)26-21-16(5-3-4-10-24-21)20(25-26)17-12-15(23)7-9-19(17)27-2/h6-9,11-12,24H,3-5,10H2,1-2H3. The Morgan fingerprint density at radius 3 is 2.63 bits per heavy atom. The van der Waals surface area contributed by atoms with Crippen LogP contribution < -0.4 is 10.1 Å². The summed E-state index contributed by atoms with van der Waals surface area (Å²) in [6.45, 7) is 2.98. The van der Waals surface area contributed by atoms with Gasteiger partial charge in [-0.2, -0.15) is 5.10 Å². The Kier molecular flexibility index (Phi) is 5.02. The van der Waals surface area contributed by atoms with Crippen LogP contribution in [0.5, 0.6) is 5.75 Å². The SMILES string of the molecule is COc1ccc(Cl)cc1-c1nn(-c2ccc(Cl)cc2C)c2c1CCCCN2. The highest BCUT2D eigenvalue weighted by Crippen LogP contribution is 2.39. The van der Waals surface area contributed by atoms with E-state index in [0.717, 1.165) is 64.9 Å². The van der Waals surface area contributed by atoms with E-state index >= 15 is 0 Å². The van der Waals surface area contributed by atoms with E-state index in [1.807, 2.05) is 48.0 Å². The zero-order chi connectivity index (χ0) is 19.0. The molecule has 1 N–H and O–H groups in total. The molecule has 0 bridgehead atoms. The minimum atomic E-state index is 0.665. The summed E-state index contributed by atoms with van der Waals surface area (Å²) in [5.41, 5.74) is 5.10. The van der Waals surface area contributed by atoms with Crippen molar-refractivity contribution in [2.24, 2.45) is 0 Å². The molecule has 0 atom stereocenters. The average Bonchev–Trinajstić information content (AvgIpc) is 2.83. The summed E-state index contributed by atoms with van der Waals surface area (Å²) < 4.78 is 7.57. The summed E-state index contributed by atoms with van der Waals surface area (Å²) in [5.74, 6) is 1.80. The molecule has 4 nitrogen and oxygen atoms in total. The van der Waals surface area contributed by atoms with Crippen LogP contribution in [-0.2, 0) is 6.42 Å². The second-order valence-corrected chi connectivity index (χ2v) is 7.62. The lowest BCUT2D eigenvalue weighted by Gasteiger charge is -2.11. The largest absolute Gasteiger partial charge is 0.496 e. The van der Waals surface area contributed by atoms with Crippen molar-refractivity contribution in [2.45, 2.75) is 26.2 Å². The third-order valence-electron chi connectivity index (χ3n) is 4.93. The highest BCUT2D eigenvalue weighted by atomic mass is 35.5. The topological polar surface area (TPSA) is 39.1 Å². The van der Waals surface area contributed by atoms with Crippen molar-refractivity contribution in [1.82, 2.24) is 9.78 Å². The normalized spacial score (nSPS) is 13.6. The Hall–Kier alpha value is -2.17. The first-order valence-electron chi connectivity index (χ1n) is 9.04. The van der Waals surface area contributed by atoms with Gasteiger partial charge in [-0.25, -0.2) is 4.68 Å². The van der Waals surface area contributed by atoms with Crippen molar-refractivity contribution in [3.63, 3.8) is 0 Å². The van der Waals surface area contributed by atoms with Gasteiger partial charge in [0.05, 0.1) is 12.8 Å². The molecular weight excluding hydrogens is 381 g/mol. The Morgan fingerprint density at radius 1 is 1.07 bits per heavy atom. The van der Waals surface area contributed by atoms with E-state index in [0.29, 0.717) is 5.02 Å². The van der Waals surface area contributed by atoms with Crippen molar-refractivity contribution >= 4 is 29.0 Å². The van der Waals surface area contributed by atoms with Crippen LogP contribution in [-0.4, -0.2) is 23.4 Å². The predicted octanol–water partition coefficient (Wildman–Crippen LogP) is 5.91. The van der Waals surface area contributed by atoms with Gasteiger partial charge in [0.1, 0.15) is 17.3 Å². The molecule has 6 heteroatoms. The van der Waals surface area contributed by atoms with Gasteiger partial charge in [0.25, 0.3) is 0 Å². The van der Waals surface area contributed by atoms with Gasteiger partial charge in [-0.05, 0) is 68.1 Å². The van der Waals surface area contributed by atoms with E-state index in [1.54, 1.807) is 7.11 Å². The lowest BCUT2D eigenvalue weighted by Crippen LogP contribution is -2.08. The van der Waals surface area contributed by atoms with Crippen LogP contribution in [0.2, 0.25) is 10.0 Å². The third-order valence-corrected chi connectivity index (χ3v) is 5.40. The number of aromatic nitrogens is 2. The van der Waals surface area contributed by atoms with Crippen LogP contribution in [0.3, 0.4) is 0 Å². The summed E-state index contributed by atoms with van der Waals surface area (Å²) in [6.07, 6.45) is 3.20. The van der Waals surface area contributed by atoms with Crippen LogP contribution in [0.25, 0.3) is 16.9 Å². The van der Waals surface area contributed by atoms with Gasteiger partial charge in [-0.15, -0.1) is 0 Å². The fourth-order valence-electron chi connectivity index (χ4n) is 3.61. The summed E-state index contributed by atoms with van der Waals surface area (Å²) >= 11 is 12.4. The van der Waals surface area contributed by atoms with Gasteiger partial charge in [0.2, 0.25) is 0 Å². The van der Waals surface area contributed by atoms with Gasteiger partial charge >= 0.3 is 0 Å². The number of fused-ring (bicyclic) bond motifs is 1. The van der Waals surface area contributed by atoms with Gasteiger partial charge in [0, 0.05) is 27.7 Å². The monoisotopic (exact) mass is 401 g/mol. The van der Waals surface area contributed by atoms with Gasteiger partial charge in [-0.3, -0.25) is 0 Å². The van der Waals surface area contributed by atoms with Crippen molar-refractivity contribution in [3.05, 3.63) is 57.6 Å². The van der Waals surface area contributed by atoms with Crippen molar-refractivity contribution in [2.75, 3.05) is 19.0 Å². The number of ether oxygens (including phenoxy) is 1. The first kappa shape index (κ1) is 18.2. The first-order valence-corrected chi connectivity index (χ1v) is 9.80. The number of benzene rings is 2. The molecule has 0 saturated carbocycles. The zero-order valence-corrected chi connectivity index (χ0v) is 16.9. The number of nitrogens with zero attached hydrogens (tertiary/aromatic N) is 2. The van der Waals surface area contributed by atoms with Crippen molar-refractivity contribution in [1.29, 1.82) is 0 Å². The van der Waals surface area contributed by atoms with E-state index < -0.39 is 0 Å². The van der Waals surface area contributed by atoms with E-state index in [9.17, 15) is 0 Å². The Labute approximate surface area is 169 Å². The molecule has 0 aliphatic carbocycles. The highest BCUT2D eigenvalue weighted by Gasteiger charge is 2.24. The van der Waals surface area contributed by atoms with Crippen LogP contribution in [0.15, 0.2) is 36.4 Å². The molecule has 2 heterocycles. The summed E-state index contributed by atoms with van der Waals surface area (Å²) in [6, 6.07) is 11.5. The summed E-state index contributed by atoms with van der Waals surface area (Å²) in [7, 11) is 1.67. The molecular formula is C21H21Cl2N3O. The fraction of sp³-hybridized carbons (Fsp3) is 0.286. The van der Waals surface area contributed by atoms with Crippen LogP contribution in [0.1, 0.15) is 24.0 Å². The van der Waals surface area contributed by atoms with Crippen LogP contribution >= 0.6 is 23.2 Å². The van der Waals surface area contributed by atoms with Crippen LogP contribution in [0.4, 0.5) is 5.82 Å². The lowest BCUT2D eigenvalue weighted by atomic mass is 10.0. The third kappa shape index (κ3) is 3.40. The fourth-order valence-corrected chi connectivity index (χ4v) is 4.01. The maximum atomic E-state index is 6.29. The molecule has 140 valence electrons. The molecule has 0 radical (unpaired) electrons. The van der Waals surface area contributed by atoms with Crippen LogP contribution in [0, 0.1) is 6.92 Å². The van der Waals surface area contributed by atoms with E-state index in [2.05, 4.69) is 5.32 Å². The molecule has 1 aromatic heterocycles. The molecule has 3 aromatic rings. The number of aryl methyl sites for hydroxylation is 1. The maximum Gasteiger partial charge on any atom is 0.133 e. The lowest BCUT2D eigenvalue weighted by molar-refractivity contribution is 0.416. The molecule has 1 aliphatic heterocycles. The van der Waals surface area contributed by atoms with Gasteiger partial charge < -0.3 is 10.1 Å². The molecule has 0 unspecified atom stereocenters. The number of halogens is 2. The molecule has 2 aromatic carbocycles. The Balaban J connectivity index is 1.96. The van der Waals surface area contributed by atoms with E-state index in [4.69, 9.17) is 33.0 Å². The maximum absolute atomic E-state index is 6.29. The second-order valence-electron chi connectivity index (χ2n) is 6.75. The quantitative estimate of drug-likeness (QED) is 0.592. The number of nitrogens with one attached hydrogen (secondary N) is 1. The summed E-state index contributed by atoms with van der Waals surface area (Å²) in [4.78, 5) is 0. The zero-order valence-electron chi connectivity index (χ0n) is 15.4. The first-order chi connectivity index (χ1) is 13.1. The Morgan fingerprint density at radius 2 is 1.85 bits per heavy atom. The molecule has 0 amide bonds. The average molecular weight is 402 g/mol. The summed E-state index contributed by atoms with van der Waals surface area (Å²) in [5, 5.41) is 9.94. The molecule has 27 heavy (non-hydrogen) atoms. The molecule has 0 spiro atoms. The number of anilines is 1. The predicted molar refractivity (Wildman–Crippen MR) is 112 cm³/mol. The van der Waals surface area contributed by atoms with Gasteiger partial charge in [-0.1, -0.05) is 23.2 Å².